The van der Waals surface area contributed by atoms with Crippen molar-refractivity contribution in [2.75, 3.05) is 9.80 Å². The van der Waals surface area contributed by atoms with Crippen molar-refractivity contribution in [1.29, 1.82) is 5.26 Å². The molecule has 0 unspecified atom stereocenters. The van der Waals surface area contributed by atoms with Crippen molar-refractivity contribution < 1.29 is 27.6 Å². The van der Waals surface area contributed by atoms with Crippen LogP contribution in [0.1, 0.15) is 42.9 Å². The van der Waals surface area contributed by atoms with Crippen LogP contribution in [0.5, 0.6) is 0 Å². The minimum Gasteiger partial charge on any atom is -0.351 e. The zero-order valence-corrected chi connectivity index (χ0v) is 22.1. The molecule has 1 saturated heterocycles. The Labute approximate surface area is 237 Å². The molecule has 13 heteroatoms. The number of anilines is 2. The Morgan fingerprint density at radius 3 is 2.56 bits per heavy atom. The first-order valence-electron chi connectivity index (χ1n) is 12.6. The summed E-state index contributed by atoms with van der Waals surface area (Å²) < 4.78 is 41.5. The van der Waals surface area contributed by atoms with Crippen molar-refractivity contribution in [3.8, 4) is 6.07 Å². The predicted octanol–water partition coefficient (Wildman–Crippen LogP) is 4.32. The monoisotopic (exact) mass is 582 g/mol. The minimum atomic E-state index is -2.91. The number of rotatable bonds is 7. The number of aromatic nitrogens is 2. The van der Waals surface area contributed by atoms with Gasteiger partial charge >= 0.3 is 0 Å². The fraction of sp³-hybridized carbons (Fsp3) is 0.286. The van der Waals surface area contributed by atoms with Crippen LogP contribution < -0.4 is 15.1 Å². The van der Waals surface area contributed by atoms with Gasteiger partial charge in [0.15, 0.2) is 0 Å². The van der Waals surface area contributed by atoms with Crippen molar-refractivity contribution in [2.24, 2.45) is 0 Å². The van der Waals surface area contributed by atoms with E-state index in [1.807, 2.05) is 6.07 Å². The first-order chi connectivity index (χ1) is 19.6. The van der Waals surface area contributed by atoms with Crippen molar-refractivity contribution in [1.82, 2.24) is 15.3 Å². The normalized spacial score (nSPS) is 18.8. The Bertz CT molecular complexity index is 1540. The Morgan fingerprint density at radius 1 is 1.17 bits per heavy atom. The van der Waals surface area contributed by atoms with Crippen molar-refractivity contribution in [3.63, 3.8) is 0 Å². The van der Waals surface area contributed by atoms with E-state index < -0.39 is 60.4 Å². The number of hydrogen-bond donors (Lipinski definition) is 1. The van der Waals surface area contributed by atoms with E-state index in [-0.39, 0.29) is 35.5 Å². The molecule has 210 valence electrons. The third-order valence-corrected chi connectivity index (χ3v) is 7.21. The van der Waals surface area contributed by atoms with E-state index in [4.69, 9.17) is 11.6 Å². The summed E-state index contributed by atoms with van der Waals surface area (Å²) in [6, 6.07) is 8.25. The number of nitrogens with zero attached hydrogens (tertiary/aromatic N) is 5. The summed E-state index contributed by atoms with van der Waals surface area (Å²) >= 11 is 6.06. The molecule has 2 fully saturated rings. The van der Waals surface area contributed by atoms with Gasteiger partial charge in [-0.05, 0) is 36.2 Å². The van der Waals surface area contributed by atoms with Crippen LogP contribution in [0.25, 0.3) is 0 Å². The predicted molar refractivity (Wildman–Crippen MR) is 141 cm³/mol. The Kier molecular flexibility index (Phi) is 7.64. The highest BCUT2D eigenvalue weighted by atomic mass is 35.5. The second kappa shape index (κ2) is 11.2. The van der Waals surface area contributed by atoms with Crippen LogP contribution in [0.4, 0.5) is 24.7 Å². The van der Waals surface area contributed by atoms with E-state index in [2.05, 4.69) is 15.3 Å². The molecule has 1 N–H and O–H groups in total. The van der Waals surface area contributed by atoms with Crippen molar-refractivity contribution in [3.05, 3.63) is 83.0 Å². The molecule has 3 aromatic rings. The zero-order valence-electron chi connectivity index (χ0n) is 21.3. The molecule has 0 radical (unpaired) electrons. The molecular weight excluding hydrogens is 561 g/mol. The fourth-order valence-corrected chi connectivity index (χ4v) is 5.15. The van der Waals surface area contributed by atoms with Gasteiger partial charge in [0.25, 0.3) is 11.8 Å². The Hall–Kier alpha value is -4.50. The highest BCUT2D eigenvalue weighted by molar-refractivity contribution is 6.30. The smallest absolute Gasteiger partial charge is 0.252 e. The lowest BCUT2D eigenvalue weighted by molar-refractivity contribution is -0.133. The summed E-state index contributed by atoms with van der Waals surface area (Å²) in [4.78, 5) is 51.2. The molecule has 1 aromatic carbocycles. The molecule has 3 amide bonds. The van der Waals surface area contributed by atoms with Crippen LogP contribution in [0.3, 0.4) is 0 Å². The van der Waals surface area contributed by atoms with Crippen LogP contribution in [0.2, 0.25) is 5.02 Å². The molecule has 1 aliphatic carbocycles. The Balaban J connectivity index is 1.59. The van der Waals surface area contributed by atoms with Gasteiger partial charge in [-0.15, -0.1) is 0 Å². The molecule has 2 aromatic heterocycles. The molecule has 1 saturated carbocycles. The third-order valence-electron chi connectivity index (χ3n) is 6.95. The van der Waals surface area contributed by atoms with Crippen molar-refractivity contribution in [2.45, 2.75) is 49.7 Å². The molecule has 9 nitrogen and oxygen atoms in total. The maximum Gasteiger partial charge on any atom is 0.252 e. The molecular formula is C28H22ClF3N6O3. The second-order valence-electron chi connectivity index (χ2n) is 9.83. The molecule has 2 aliphatic rings. The maximum absolute atomic E-state index is 14.4. The number of nitrogens with one attached hydrogen (secondary N) is 1. The number of hydrogen-bond acceptors (Lipinski definition) is 6. The number of amides is 3. The summed E-state index contributed by atoms with van der Waals surface area (Å²) in [6.45, 7) is 0. The molecule has 1 aliphatic heterocycles. The quantitative estimate of drug-likeness (QED) is 0.443. The molecule has 0 spiro atoms. The van der Waals surface area contributed by atoms with Crippen LogP contribution in [0, 0.1) is 17.1 Å². The molecule has 41 heavy (non-hydrogen) atoms. The van der Waals surface area contributed by atoms with E-state index >= 15 is 0 Å². The number of alkyl halides is 2. The largest absolute Gasteiger partial charge is 0.351 e. The number of carbonyl (C=O) groups is 3. The maximum atomic E-state index is 14.4. The highest BCUT2D eigenvalue weighted by Gasteiger charge is 2.48. The first-order valence-corrected chi connectivity index (χ1v) is 13.0. The minimum absolute atomic E-state index is 0.0287. The van der Waals surface area contributed by atoms with Crippen LogP contribution >= 0.6 is 11.6 Å². The number of halogens is 4. The Morgan fingerprint density at radius 2 is 1.90 bits per heavy atom. The second-order valence-corrected chi connectivity index (χ2v) is 10.3. The average Bonchev–Trinajstić information content (AvgIpc) is 3.32. The lowest BCUT2D eigenvalue weighted by Gasteiger charge is -2.39. The lowest BCUT2D eigenvalue weighted by Crippen LogP contribution is -2.56. The number of nitriles is 1. The number of benzene rings is 1. The summed E-state index contributed by atoms with van der Waals surface area (Å²) in [6.07, 6.45) is 2.32. The summed E-state index contributed by atoms with van der Waals surface area (Å²) in [5, 5.41) is 12.2. The summed E-state index contributed by atoms with van der Waals surface area (Å²) in [5.74, 6) is -5.63. The molecule has 2 atom stereocenters. The molecule has 5 rings (SSSR count). The van der Waals surface area contributed by atoms with E-state index in [0.717, 1.165) is 22.1 Å². The van der Waals surface area contributed by atoms with Gasteiger partial charge in [0.2, 0.25) is 11.8 Å². The topological polar surface area (TPSA) is 119 Å². The molecule has 0 bridgehead atoms. The lowest BCUT2D eigenvalue weighted by atomic mass is 9.87. The molecule has 3 heterocycles. The highest BCUT2D eigenvalue weighted by Crippen LogP contribution is 2.39. The van der Waals surface area contributed by atoms with E-state index in [0.29, 0.717) is 5.02 Å². The summed E-state index contributed by atoms with van der Waals surface area (Å²) in [5.41, 5.74) is 0.376. The zero-order chi connectivity index (χ0) is 29.3. The average molecular weight is 583 g/mol. The van der Waals surface area contributed by atoms with E-state index in [1.165, 1.54) is 48.8 Å². The van der Waals surface area contributed by atoms with Gasteiger partial charge in [0.1, 0.15) is 23.7 Å². The van der Waals surface area contributed by atoms with E-state index in [1.54, 1.807) is 0 Å². The van der Waals surface area contributed by atoms with Gasteiger partial charge in [-0.25, -0.2) is 18.2 Å². The standard InChI is InChI=1S/C28H22ClF3N6O3/c29-18-3-1-17(2-4-18)25(26(40)36-20-11-28(31,32)12-20)37(21-10-19(30)14-34-15-21)27(41)22-5-6-24(39)38(22)23-9-16(13-33)7-8-35-23/h1-4,7-10,14-15,20,22,25H,5-6,11-12H2,(H,36,40)/t22-,25-/m0/s1. The fourth-order valence-electron chi connectivity index (χ4n) is 5.03. The first kappa shape index (κ1) is 28.0. The van der Waals surface area contributed by atoms with Crippen LogP contribution in [-0.2, 0) is 14.4 Å². The van der Waals surface area contributed by atoms with Gasteiger partial charge in [0.05, 0.1) is 29.7 Å². The summed E-state index contributed by atoms with van der Waals surface area (Å²) in [7, 11) is 0. The van der Waals surface area contributed by atoms with E-state index in [9.17, 15) is 32.8 Å². The van der Waals surface area contributed by atoms with Crippen molar-refractivity contribution >= 4 is 40.8 Å². The third kappa shape index (κ3) is 5.85. The number of pyridine rings is 2. The van der Waals surface area contributed by atoms with Crippen LogP contribution in [-0.4, -0.2) is 45.7 Å². The van der Waals surface area contributed by atoms with Gasteiger partial charge in [-0.1, -0.05) is 23.7 Å². The van der Waals surface area contributed by atoms with Crippen LogP contribution in [0.15, 0.2) is 61.1 Å². The van der Waals surface area contributed by atoms with Gasteiger partial charge in [0, 0.05) is 42.6 Å². The van der Waals surface area contributed by atoms with Gasteiger partial charge in [-0.2, -0.15) is 5.26 Å². The van der Waals surface area contributed by atoms with Gasteiger partial charge < -0.3 is 5.32 Å². The SMILES string of the molecule is N#Cc1ccnc(N2C(=O)CC[C@H]2C(=O)N(c2cncc(F)c2)[C@H](C(=O)NC2CC(F)(F)C2)c2ccc(Cl)cc2)c1. The number of carbonyl (C=O) groups excluding carboxylic acids is 3. The van der Waals surface area contributed by atoms with Gasteiger partial charge in [-0.3, -0.25) is 29.2 Å².